The molecule has 2 saturated heterocycles. The van der Waals surface area contributed by atoms with Crippen LogP contribution in [0.3, 0.4) is 0 Å². The summed E-state index contributed by atoms with van der Waals surface area (Å²) in [6.45, 7) is 14.0. The van der Waals surface area contributed by atoms with E-state index in [2.05, 4.69) is 31.0 Å². The van der Waals surface area contributed by atoms with Gasteiger partial charge < -0.3 is 15.0 Å². The first-order chi connectivity index (χ1) is 9.07. The van der Waals surface area contributed by atoms with E-state index in [-0.39, 0.29) is 5.60 Å². The highest BCUT2D eigenvalue weighted by atomic mass is 16.5. The van der Waals surface area contributed by atoms with Gasteiger partial charge >= 0.3 is 0 Å². The third kappa shape index (κ3) is 5.05. The molecule has 0 aromatic rings. The van der Waals surface area contributed by atoms with Crippen LogP contribution in [-0.4, -0.2) is 49.8 Å². The maximum atomic E-state index is 5.84. The van der Waals surface area contributed by atoms with Crippen molar-refractivity contribution in [2.75, 3.05) is 39.3 Å². The smallest absolute Gasteiger partial charge is 0.0629 e. The summed E-state index contributed by atoms with van der Waals surface area (Å²) in [5, 5.41) is 3.48. The molecule has 0 aromatic heterocycles. The molecule has 19 heavy (non-hydrogen) atoms. The van der Waals surface area contributed by atoms with Crippen LogP contribution in [0, 0.1) is 11.8 Å². The van der Waals surface area contributed by atoms with Gasteiger partial charge in [0, 0.05) is 19.7 Å². The van der Waals surface area contributed by atoms with Crippen LogP contribution < -0.4 is 5.32 Å². The van der Waals surface area contributed by atoms with E-state index in [1.807, 2.05) is 0 Å². The van der Waals surface area contributed by atoms with Crippen LogP contribution in [0.5, 0.6) is 0 Å². The van der Waals surface area contributed by atoms with Crippen molar-refractivity contribution in [3.05, 3.63) is 0 Å². The number of ether oxygens (including phenoxy) is 1. The van der Waals surface area contributed by atoms with Crippen LogP contribution in [0.4, 0.5) is 0 Å². The second kappa shape index (κ2) is 7.05. The third-order valence-corrected chi connectivity index (χ3v) is 4.87. The van der Waals surface area contributed by atoms with Gasteiger partial charge in [0.15, 0.2) is 0 Å². The number of nitrogens with zero attached hydrogens (tertiary/aromatic N) is 1. The Kier molecular flexibility index (Phi) is 5.67. The first-order valence-corrected chi connectivity index (χ1v) is 8.14. The van der Waals surface area contributed by atoms with E-state index in [9.17, 15) is 0 Å². The van der Waals surface area contributed by atoms with Gasteiger partial charge in [-0.1, -0.05) is 6.92 Å². The Morgan fingerprint density at radius 2 is 2.16 bits per heavy atom. The normalized spacial score (nSPS) is 30.8. The fraction of sp³-hybridized carbons (Fsp3) is 1.00. The molecule has 1 N–H and O–H groups in total. The third-order valence-electron chi connectivity index (χ3n) is 4.87. The monoisotopic (exact) mass is 268 g/mol. The summed E-state index contributed by atoms with van der Waals surface area (Å²) in [5.74, 6) is 1.69. The van der Waals surface area contributed by atoms with Crippen molar-refractivity contribution in [2.24, 2.45) is 11.8 Å². The van der Waals surface area contributed by atoms with Crippen LogP contribution in [0.15, 0.2) is 0 Å². The highest BCUT2D eigenvalue weighted by Gasteiger charge is 2.31. The molecule has 0 saturated carbocycles. The van der Waals surface area contributed by atoms with Crippen molar-refractivity contribution in [2.45, 2.75) is 52.1 Å². The molecule has 0 amide bonds. The van der Waals surface area contributed by atoms with Crippen molar-refractivity contribution >= 4 is 0 Å². The molecule has 2 aliphatic heterocycles. The highest BCUT2D eigenvalue weighted by Crippen LogP contribution is 2.34. The lowest BCUT2D eigenvalue weighted by Gasteiger charge is -2.38. The molecule has 2 unspecified atom stereocenters. The summed E-state index contributed by atoms with van der Waals surface area (Å²) in [4.78, 5) is 2.64. The van der Waals surface area contributed by atoms with E-state index >= 15 is 0 Å². The molecule has 0 radical (unpaired) electrons. The largest absolute Gasteiger partial charge is 0.376 e. The zero-order valence-electron chi connectivity index (χ0n) is 13.1. The second-order valence-electron chi connectivity index (χ2n) is 7.07. The zero-order valence-corrected chi connectivity index (χ0v) is 13.1. The average Bonchev–Trinajstić information content (AvgIpc) is 2.63. The van der Waals surface area contributed by atoms with Gasteiger partial charge in [-0.25, -0.2) is 0 Å². The molecule has 2 fully saturated rings. The summed E-state index contributed by atoms with van der Waals surface area (Å²) in [6.07, 6.45) is 5.14. The fourth-order valence-electron chi connectivity index (χ4n) is 3.51. The Morgan fingerprint density at radius 1 is 1.32 bits per heavy atom. The minimum Gasteiger partial charge on any atom is -0.376 e. The maximum absolute atomic E-state index is 5.84. The first kappa shape index (κ1) is 15.3. The zero-order chi connectivity index (χ0) is 13.7. The molecule has 112 valence electrons. The fourth-order valence-corrected chi connectivity index (χ4v) is 3.51. The lowest BCUT2D eigenvalue weighted by molar-refractivity contribution is -0.0821. The molecular weight excluding hydrogens is 236 g/mol. The molecule has 0 spiro atoms. The van der Waals surface area contributed by atoms with Crippen molar-refractivity contribution in [1.29, 1.82) is 0 Å². The standard InChI is InChI=1S/C16H32N2O/c1-14(15-6-12-19-16(2,3)13-15)5-10-18-9-4-7-17-8-11-18/h14-15,17H,4-13H2,1-3H3. The molecule has 3 nitrogen and oxygen atoms in total. The number of hydrogen-bond acceptors (Lipinski definition) is 3. The number of hydrogen-bond donors (Lipinski definition) is 1. The number of nitrogens with one attached hydrogen (secondary N) is 1. The lowest BCUT2D eigenvalue weighted by Crippen LogP contribution is -2.37. The summed E-state index contributed by atoms with van der Waals surface area (Å²) in [7, 11) is 0. The van der Waals surface area contributed by atoms with Crippen molar-refractivity contribution < 1.29 is 4.74 Å². The Hall–Kier alpha value is -0.120. The summed E-state index contributed by atoms with van der Waals surface area (Å²) in [5.41, 5.74) is 0.101. The summed E-state index contributed by atoms with van der Waals surface area (Å²) in [6, 6.07) is 0. The second-order valence-corrected chi connectivity index (χ2v) is 7.07. The van der Waals surface area contributed by atoms with Crippen LogP contribution >= 0.6 is 0 Å². The van der Waals surface area contributed by atoms with Gasteiger partial charge in [0.05, 0.1) is 5.60 Å². The quantitative estimate of drug-likeness (QED) is 0.848. The highest BCUT2D eigenvalue weighted by molar-refractivity contribution is 4.82. The van der Waals surface area contributed by atoms with E-state index in [0.29, 0.717) is 0 Å². The topological polar surface area (TPSA) is 24.5 Å². The Balaban J connectivity index is 1.72. The molecule has 3 heteroatoms. The molecular formula is C16H32N2O. The molecule has 0 bridgehead atoms. The van der Waals surface area contributed by atoms with Crippen molar-refractivity contribution in [1.82, 2.24) is 10.2 Å². The van der Waals surface area contributed by atoms with Crippen LogP contribution in [0.1, 0.15) is 46.5 Å². The van der Waals surface area contributed by atoms with E-state index in [1.165, 1.54) is 58.4 Å². The van der Waals surface area contributed by atoms with E-state index in [0.717, 1.165) is 18.4 Å². The summed E-state index contributed by atoms with van der Waals surface area (Å²) < 4.78 is 5.84. The minimum absolute atomic E-state index is 0.101. The molecule has 2 heterocycles. The van der Waals surface area contributed by atoms with Crippen LogP contribution in [0.25, 0.3) is 0 Å². The Bertz CT molecular complexity index is 259. The van der Waals surface area contributed by atoms with Gasteiger partial charge in [0.2, 0.25) is 0 Å². The first-order valence-electron chi connectivity index (χ1n) is 8.14. The van der Waals surface area contributed by atoms with E-state index in [1.54, 1.807) is 0 Å². The van der Waals surface area contributed by atoms with E-state index in [4.69, 9.17) is 4.74 Å². The van der Waals surface area contributed by atoms with Crippen LogP contribution in [0.2, 0.25) is 0 Å². The molecule has 2 atom stereocenters. The van der Waals surface area contributed by atoms with Gasteiger partial charge in [0.25, 0.3) is 0 Å². The molecule has 0 aliphatic carbocycles. The molecule has 0 aromatic carbocycles. The summed E-state index contributed by atoms with van der Waals surface area (Å²) >= 11 is 0. The van der Waals surface area contributed by atoms with Gasteiger partial charge in [-0.3, -0.25) is 0 Å². The Morgan fingerprint density at radius 3 is 2.95 bits per heavy atom. The van der Waals surface area contributed by atoms with Gasteiger partial charge in [0.1, 0.15) is 0 Å². The average molecular weight is 268 g/mol. The predicted molar refractivity (Wildman–Crippen MR) is 80.5 cm³/mol. The van der Waals surface area contributed by atoms with Gasteiger partial charge in [-0.05, 0) is 71.0 Å². The van der Waals surface area contributed by atoms with E-state index < -0.39 is 0 Å². The van der Waals surface area contributed by atoms with Gasteiger partial charge in [-0.2, -0.15) is 0 Å². The number of rotatable bonds is 4. The Labute approximate surface area is 119 Å². The molecule has 2 aliphatic rings. The van der Waals surface area contributed by atoms with Gasteiger partial charge in [-0.15, -0.1) is 0 Å². The SMILES string of the molecule is CC(CCN1CCCNCC1)C1CCOC(C)(C)C1. The maximum Gasteiger partial charge on any atom is 0.0629 e. The minimum atomic E-state index is 0.101. The molecule has 2 rings (SSSR count). The van der Waals surface area contributed by atoms with Crippen molar-refractivity contribution in [3.63, 3.8) is 0 Å². The lowest BCUT2D eigenvalue weighted by atomic mass is 9.79. The van der Waals surface area contributed by atoms with Crippen LogP contribution in [-0.2, 0) is 4.74 Å². The predicted octanol–water partition coefficient (Wildman–Crippen LogP) is 2.51. The van der Waals surface area contributed by atoms with Crippen molar-refractivity contribution in [3.8, 4) is 0 Å².